The third-order valence-corrected chi connectivity index (χ3v) is 12.1. The summed E-state index contributed by atoms with van der Waals surface area (Å²) in [5.41, 5.74) is 11.7. The lowest BCUT2D eigenvalue weighted by Gasteiger charge is -2.13. The maximum atomic E-state index is 6.40. The van der Waals surface area contributed by atoms with Gasteiger partial charge < -0.3 is 9.47 Å². The Balaban J connectivity index is 1.25. The van der Waals surface area contributed by atoms with Crippen LogP contribution in [0.25, 0.3) is 0 Å². The van der Waals surface area contributed by atoms with Crippen molar-refractivity contribution in [2.24, 2.45) is 0 Å². The van der Waals surface area contributed by atoms with E-state index in [0.717, 1.165) is 62.9 Å². The molecule has 6 heteroatoms. The van der Waals surface area contributed by atoms with Crippen LogP contribution in [0.3, 0.4) is 0 Å². The van der Waals surface area contributed by atoms with Gasteiger partial charge >= 0.3 is 0 Å². The normalized spacial score (nSPS) is 15.6. The summed E-state index contributed by atoms with van der Waals surface area (Å²) in [7, 11) is 0. The summed E-state index contributed by atoms with van der Waals surface area (Å²) in [5.74, 6) is 8.66. The summed E-state index contributed by atoms with van der Waals surface area (Å²) < 4.78 is 12.8. The van der Waals surface area contributed by atoms with E-state index in [-0.39, 0.29) is 0 Å². The first-order valence-electron chi connectivity index (χ1n) is 15.3. The standard InChI is InChI=1S/C39H36O2S4/c1-2-32-12-33(3-1)23-44-26-36-16-38-18-39(17-36)45-27-31-10-8-30(9-11-31)21-42-24-34-13-35(25-43-22-32)15-37(14-34)40-19-28-4-6-29(7-5-28)20-41-38/h1-18H,19-27H2. The fourth-order valence-electron chi connectivity index (χ4n) is 5.49. The lowest BCUT2D eigenvalue weighted by molar-refractivity contribution is 0.302. The van der Waals surface area contributed by atoms with Gasteiger partial charge in [0.25, 0.3) is 0 Å². The Hall–Kier alpha value is -2.90. The Bertz CT molecular complexity index is 1730. The molecule has 0 saturated heterocycles. The number of benzene rings is 5. The van der Waals surface area contributed by atoms with Crippen molar-refractivity contribution in [3.63, 3.8) is 0 Å². The molecule has 12 bridgehead atoms. The molecule has 0 saturated carbocycles. The van der Waals surface area contributed by atoms with Crippen molar-refractivity contribution in [2.45, 2.75) is 58.4 Å². The molecule has 5 aromatic rings. The van der Waals surface area contributed by atoms with Gasteiger partial charge in [-0.3, -0.25) is 0 Å². The largest absolute Gasteiger partial charge is 0.489 e. The quantitative estimate of drug-likeness (QED) is 0.163. The third-order valence-electron chi connectivity index (χ3n) is 7.83. The highest BCUT2D eigenvalue weighted by molar-refractivity contribution is 7.98. The Morgan fingerprint density at radius 2 is 0.778 bits per heavy atom. The highest BCUT2D eigenvalue weighted by Crippen LogP contribution is 2.32. The second kappa shape index (κ2) is 15.1. The van der Waals surface area contributed by atoms with Crippen LogP contribution in [0.4, 0.5) is 0 Å². The highest BCUT2D eigenvalue weighted by atomic mass is 32.2. The first kappa shape index (κ1) is 30.7. The average molecular weight is 665 g/mol. The van der Waals surface area contributed by atoms with Gasteiger partial charge in [0.2, 0.25) is 0 Å². The zero-order chi connectivity index (χ0) is 30.3. The van der Waals surface area contributed by atoms with Crippen molar-refractivity contribution in [2.75, 3.05) is 0 Å². The molecule has 0 amide bonds. The first-order chi connectivity index (χ1) is 22.2. The highest BCUT2D eigenvalue weighted by Gasteiger charge is 2.09. The summed E-state index contributed by atoms with van der Waals surface area (Å²) in [4.78, 5) is 1.25. The van der Waals surface area contributed by atoms with Crippen molar-refractivity contribution in [3.8, 4) is 11.5 Å². The summed E-state index contributed by atoms with van der Waals surface area (Å²) in [6.07, 6.45) is 0. The molecular weight excluding hydrogens is 629 g/mol. The van der Waals surface area contributed by atoms with Gasteiger partial charge in [-0.25, -0.2) is 0 Å². The molecule has 6 heterocycles. The van der Waals surface area contributed by atoms with Crippen LogP contribution in [0, 0.1) is 0 Å². The van der Waals surface area contributed by atoms with E-state index in [2.05, 4.69) is 109 Å². The molecule has 228 valence electrons. The summed E-state index contributed by atoms with van der Waals surface area (Å²) in [6, 6.07) is 40.5. The van der Waals surface area contributed by atoms with E-state index in [1.807, 2.05) is 47.0 Å². The molecule has 6 aliphatic heterocycles. The SMILES string of the molecule is c1cc2cc(c1)CSCc1cc3cc(c1)SCc1ccc(cc1)CSCc1cc(cc(c1)OCc1ccc(cc1)CO3)CSC2. The van der Waals surface area contributed by atoms with E-state index in [1.165, 1.54) is 43.8 Å². The smallest absolute Gasteiger partial charge is 0.121 e. The Morgan fingerprint density at radius 1 is 0.356 bits per heavy atom. The second-order valence-electron chi connectivity index (χ2n) is 11.6. The minimum Gasteiger partial charge on any atom is -0.489 e. The van der Waals surface area contributed by atoms with Crippen LogP contribution in [0.5, 0.6) is 11.5 Å². The molecule has 45 heavy (non-hydrogen) atoms. The fraction of sp³-hybridized carbons (Fsp3) is 0.231. The van der Waals surface area contributed by atoms with Crippen molar-refractivity contribution >= 4 is 47.0 Å². The van der Waals surface area contributed by atoms with Crippen LogP contribution in [0.15, 0.2) is 114 Å². The van der Waals surface area contributed by atoms with Crippen molar-refractivity contribution in [1.29, 1.82) is 0 Å². The molecule has 0 aliphatic carbocycles. The van der Waals surface area contributed by atoms with Crippen LogP contribution >= 0.6 is 47.0 Å². The minimum absolute atomic E-state index is 0.539. The van der Waals surface area contributed by atoms with Gasteiger partial charge in [0.15, 0.2) is 0 Å². The van der Waals surface area contributed by atoms with Crippen LogP contribution in [0.1, 0.15) is 50.1 Å². The van der Waals surface area contributed by atoms with Crippen LogP contribution in [0.2, 0.25) is 0 Å². The molecule has 11 rings (SSSR count). The molecular formula is C39H36O2S4. The summed E-state index contributed by atoms with van der Waals surface area (Å²) in [6.45, 7) is 1.08. The summed E-state index contributed by atoms with van der Waals surface area (Å²) >= 11 is 7.80. The molecule has 0 atom stereocenters. The lowest BCUT2D eigenvalue weighted by Crippen LogP contribution is -2.00. The average Bonchev–Trinajstić information content (AvgIpc) is 3.06. The van der Waals surface area contributed by atoms with Crippen LogP contribution in [-0.4, -0.2) is 0 Å². The lowest BCUT2D eigenvalue weighted by atomic mass is 10.1. The number of rotatable bonds is 0. The number of ether oxygens (including phenoxy) is 2. The first-order valence-corrected chi connectivity index (χ1v) is 19.8. The van der Waals surface area contributed by atoms with E-state index in [1.54, 1.807) is 0 Å². The maximum Gasteiger partial charge on any atom is 0.121 e. The van der Waals surface area contributed by atoms with Gasteiger partial charge in [-0.2, -0.15) is 35.3 Å². The van der Waals surface area contributed by atoms with E-state index >= 15 is 0 Å². The van der Waals surface area contributed by atoms with E-state index in [9.17, 15) is 0 Å². The zero-order valence-electron chi connectivity index (χ0n) is 25.2. The Labute approximate surface area is 284 Å². The fourth-order valence-corrected chi connectivity index (χ4v) is 9.22. The van der Waals surface area contributed by atoms with Gasteiger partial charge in [-0.05, 0) is 80.4 Å². The predicted octanol–water partition coefficient (Wildman–Crippen LogP) is 11.1. The van der Waals surface area contributed by atoms with Gasteiger partial charge in [0.05, 0.1) is 0 Å². The van der Waals surface area contributed by atoms with E-state index in [0.29, 0.717) is 13.2 Å². The van der Waals surface area contributed by atoms with E-state index < -0.39 is 0 Å². The maximum absolute atomic E-state index is 6.40. The molecule has 0 aromatic heterocycles. The van der Waals surface area contributed by atoms with Crippen molar-refractivity contribution < 1.29 is 9.47 Å². The molecule has 6 aliphatic rings. The minimum atomic E-state index is 0.539. The van der Waals surface area contributed by atoms with Crippen LogP contribution in [-0.2, 0) is 53.5 Å². The molecule has 0 unspecified atom stereocenters. The van der Waals surface area contributed by atoms with Gasteiger partial charge in [0, 0.05) is 45.2 Å². The molecule has 0 radical (unpaired) electrons. The second-order valence-corrected chi connectivity index (χ2v) is 15.6. The topological polar surface area (TPSA) is 18.5 Å². The monoisotopic (exact) mass is 664 g/mol. The molecule has 5 aromatic carbocycles. The molecule has 0 spiro atoms. The van der Waals surface area contributed by atoms with Crippen molar-refractivity contribution in [1.82, 2.24) is 0 Å². The number of hydrogen-bond acceptors (Lipinski definition) is 6. The van der Waals surface area contributed by atoms with Gasteiger partial charge in [-0.1, -0.05) is 78.9 Å². The van der Waals surface area contributed by atoms with E-state index in [4.69, 9.17) is 9.47 Å². The molecule has 0 N–H and O–H groups in total. The Morgan fingerprint density at radius 3 is 1.36 bits per heavy atom. The zero-order valence-corrected chi connectivity index (χ0v) is 28.5. The van der Waals surface area contributed by atoms with Crippen LogP contribution < -0.4 is 9.47 Å². The molecule has 0 fully saturated rings. The Kier molecular flexibility index (Phi) is 10.3. The van der Waals surface area contributed by atoms with Crippen molar-refractivity contribution in [3.05, 3.63) is 159 Å². The number of hydrogen-bond donors (Lipinski definition) is 0. The predicted molar refractivity (Wildman–Crippen MR) is 195 cm³/mol. The molecule has 2 nitrogen and oxygen atoms in total. The summed E-state index contributed by atoms with van der Waals surface area (Å²) in [5, 5.41) is 0. The van der Waals surface area contributed by atoms with Gasteiger partial charge in [-0.15, -0.1) is 11.8 Å². The van der Waals surface area contributed by atoms with Gasteiger partial charge in [0.1, 0.15) is 24.7 Å². The number of thioether (sulfide) groups is 4. The third kappa shape index (κ3) is 8.88. The number of fused-ring (bicyclic) bond motifs is 4.